The Morgan fingerprint density at radius 2 is 1.58 bits per heavy atom. The Labute approximate surface area is 154 Å². The van der Waals surface area contributed by atoms with Crippen LogP contribution in [0.3, 0.4) is 0 Å². The number of aromatic nitrogens is 3. The van der Waals surface area contributed by atoms with Gasteiger partial charge in [-0.25, -0.2) is 0 Å². The molecule has 2 aromatic carbocycles. The highest BCUT2D eigenvalue weighted by Crippen LogP contribution is 2.26. The standard InChI is InChI=1S/C18H17N5O2S/c1-12(24)20-14-5-3-13(4-6-14)17(25)21-15-7-9-16(10-8-15)26-18-22-19-11-23(18)2/h3-11H,1-2H3,(H,20,24)(H,21,25). The molecule has 0 radical (unpaired) electrons. The van der Waals surface area contributed by atoms with Crippen molar-refractivity contribution < 1.29 is 9.59 Å². The molecule has 0 bridgehead atoms. The highest BCUT2D eigenvalue weighted by atomic mass is 32.2. The monoisotopic (exact) mass is 367 g/mol. The molecule has 3 rings (SSSR count). The summed E-state index contributed by atoms with van der Waals surface area (Å²) in [7, 11) is 1.88. The summed E-state index contributed by atoms with van der Waals surface area (Å²) < 4.78 is 1.84. The zero-order valence-electron chi connectivity index (χ0n) is 14.3. The molecule has 0 unspecified atom stereocenters. The molecule has 0 aliphatic rings. The summed E-state index contributed by atoms with van der Waals surface area (Å²) in [5.74, 6) is -0.366. The van der Waals surface area contributed by atoms with Crippen LogP contribution in [0.4, 0.5) is 11.4 Å². The first-order valence-corrected chi connectivity index (χ1v) is 8.64. The molecule has 1 heterocycles. The maximum Gasteiger partial charge on any atom is 0.255 e. The Balaban J connectivity index is 1.62. The van der Waals surface area contributed by atoms with Crippen molar-refractivity contribution in [2.24, 2.45) is 7.05 Å². The first-order chi connectivity index (χ1) is 12.5. The maximum absolute atomic E-state index is 12.3. The number of carbonyl (C=O) groups excluding carboxylic acids is 2. The van der Waals surface area contributed by atoms with Gasteiger partial charge in [0.05, 0.1) is 0 Å². The molecule has 0 saturated heterocycles. The normalized spacial score (nSPS) is 10.4. The van der Waals surface area contributed by atoms with E-state index in [9.17, 15) is 9.59 Å². The highest BCUT2D eigenvalue weighted by Gasteiger charge is 2.08. The van der Waals surface area contributed by atoms with Gasteiger partial charge in [0.15, 0.2) is 5.16 Å². The molecule has 7 nitrogen and oxygen atoms in total. The molecular weight excluding hydrogens is 350 g/mol. The van der Waals surface area contributed by atoms with Crippen molar-refractivity contribution in [2.45, 2.75) is 17.0 Å². The summed E-state index contributed by atoms with van der Waals surface area (Å²) in [6.45, 7) is 1.44. The van der Waals surface area contributed by atoms with Crippen LogP contribution in [-0.2, 0) is 11.8 Å². The zero-order chi connectivity index (χ0) is 18.5. The van der Waals surface area contributed by atoms with Crippen molar-refractivity contribution in [3.63, 3.8) is 0 Å². The van der Waals surface area contributed by atoms with E-state index < -0.39 is 0 Å². The Morgan fingerprint density at radius 1 is 0.962 bits per heavy atom. The molecule has 2 amide bonds. The molecule has 3 aromatic rings. The quantitative estimate of drug-likeness (QED) is 0.723. The summed E-state index contributed by atoms with van der Waals surface area (Å²) in [5, 5.41) is 14.2. The molecule has 0 saturated carbocycles. The van der Waals surface area contributed by atoms with Crippen LogP contribution in [0.1, 0.15) is 17.3 Å². The van der Waals surface area contributed by atoms with Crippen LogP contribution >= 0.6 is 11.8 Å². The lowest BCUT2D eigenvalue weighted by Crippen LogP contribution is -2.12. The van der Waals surface area contributed by atoms with Crippen molar-refractivity contribution in [3.8, 4) is 0 Å². The lowest BCUT2D eigenvalue weighted by molar-refractivity contribution is -0.114. The Bertz CT molecular complexity index is 920. The van der Waals surface area contributed by atoms with Crippen LogP contribution in [0, 0.1) is 0 Å². The third kappa shape index (κ3) is 4.48. The molecule has 132 valence electrons. The van der Waals surface area contributed by atoms with E-state index in [1.54, 1.807) is 30.6 Å². The molecule has 0 aliphatic heterocycles. The van der Waals surface area contributed by atoms with Crippen LogP contribution in [0.5, 0.6) is 0 Å². The van der Waals surface area contributed by atoms with Crippen LogP contribution in [-0.4, -0.2) is 26.6 Å². The van der Waals surface area contributed by atoms with Crippen molar-refractivity contribution >= 4 is 35.0 Å². The average Bonchev–Trinajstić information content (AvgIpc) is 3.01. The van der Waals surface area contributed by atoms with Gasteiger partial charge in [-0.1, -0.05) is 0 Å². The third-order valence-electron chi connectivity index (χ3n) is 3.46. The molecule has 1 aromatic heterocycles. The highest BCUT2D eigenvalue weighted by molar-refractivity contribution is 7.99. The fourth-order valence-corrected chi connectivity index (χ4v) is 2.95. The van der Waals surface area contributed by atoms with Gasteiger partial charge in [-0.3, -0.25) is 9.59 Å². The van der Waals surface area contributed by atoms with E-state index in [4.69, 9.17) is 0 Å². The molecule has 0 atom stereocenters. The Morgan fingerprint density at radius 3 is 2.15 bits per heavy atom. The van der Waals surface area contributed by atoms with E-state index >= 15 is 0 Å². The fourth-order valence-electron chi connectivity index (χ4n) is 2.19. The predicted octanol–water partition coefficient (Wildman–Crippen LogP) is 3.18. The lowest BCUT2D eigenvalue weighted by atomic mass is 10.2. The largest absolute Gasteiger partial charge is 0.326 e. The van der Waals surface area contributed by atoms with Gasteiger partial charge in [0, 0.05) is 35.8 Å². The molecule has 0 aliphatic carbocycles. The van der Waals surface area contributed by atoms with Crippen molar-refractivity contribution in [1.29, 1.82) is 0 Å². The van der Waals surface area contributed by atoms with E-state index in [-0.39, 0.29) is 11.8 Å². The summed E-state index contributed by atoms with van der Waals surface area (Å²) in [6, 6.07) is 14.2. The van der Waals surface area contributed by atoms with Crippen molar-refractivity contribution in [3.05, 3.63) is 60.4 Å². The number of hydrogen-bond donors (Lipinski definition) is 2. The van der Waals surface area contributed by atoms with Gasteiger partial charge < -0.3 is 15.2 Å². The van der Waals surface area contributed by atoms with Crippen LogP contribution in [0.15, 0.2) is 64.9 Å². The third-order valence-corrected chi connectivity index (χ3v) is 4.52. The van der Waals surface area contributed by atoms with Gasteiger partial charge in [-0.15, -0.1) is 10.2 Å². The van der Waals surface area contributed by atoms with Crippen LogP contribution < -0.4 is 10.6 Å². The zero-order valence-corrected chi connectivity index (χ0v) is 15.1. The Hall–Kier alpha value is -3.13. The van der Waals surface area contributed by atoms with E-state index in [0.29, 0.717) is 16.9 Å². The number of anilines is 2. The summed E-state index contributed by atoms with van der Waals surface area (Å²) >= 11 is 1.49. The molecule has 8 heteroatoms. The predicted molar refractivity (Wildman–Crippen MR) is 100 cm³/mol. The lowest BCUT2D eigenvalue weighted by Gasteiger charge is -2.07. The topological polar surface area (TPSA) is 88.9 Å². The second-order valence-electron chi connectivity index (χ2n) is 5.56. The average molecular weight is 367 g/mol. The van der Waals surface area contributed by atoms with Gasteiger partial charge in [0.2, 0.25) is 5.91 Å². The van der Waals surface area contributed by atoms with E-state index in [1.807, 2.05) is 35.9 Å². The molecule has 0 spiro atoms. The van der Waals surface area contributed by atoms with E-state index in [2.05, 4.69) is 20.8 Å². The van der Waals surface area contributed by atoms with Crippen molar-refractivity contribution in [2.75, 3.05) is 10.6 Å². The number of amides is 2. The molecule has 2 N–H and O–H groups in total. The second-order valence-corrected chi connectivity index (χ2v) is 6.60. The molecule has 0 fully saturated rings. The number of nitrogens with zero attached hydrogens (tertiary/aromatic N) is 3. The number of carbonyl (C=O) groups is 2. The summed E-state index contributed by atoms with van der Waals surface area (Å²) in [5.41, 5.74) is 1.86. The van der Waals surface area contributed by atoms with Gasteiger partial charge in [-0.2, -0.15) is 0 Å². The van der Waals surface area contributed by atoms with Crippen LogP contribution in [0.25, 0.3) is 0 Å². The number of nitrogens with one attached hydrogen (secondary N) is 2. The van der Waals surface area contributed by atoms with Crippen molar-refractivity contribution in [1.82, 2.24) is 14.8 Å². The first kappa shape index (κ1) is 17.7. The summed E-state index contributed by atoms with van der Waals surface area (Å²) in [6.07, 6.45) is 1.65. The number of rotatable bonds is 5. The fraction of sp³-hybridized carbons (Fsp3) is 0.111. The van der Waals surface area contributed by atoms with Gasteiger partial charge in [0.1, 0.15) is 6.33 Å². The first-order valence-electron chi connectivity index (χ1n) is 7.82. The summed E-state index contributed by atoms with van der Waals surface area (Å²) in [4.78, 5) is 24.3. The minimum Gasteiger partial charge on any atom is -0.326 e. The smallest absolute Gasteiger partial charge is 0.255 e. The maximum atomic E-state index is 12.3. The minimum absolute atomic E-state index is 0.151. The van der Waals surface area contributed by atoms with Crippen LogP contribution in [0.2, 0.25) is 0 Å². The SMILES string of the molecule is CC(=O)Nc1ccc(C(=O)Nc2ccc(Sc3nncn3C)cc2)cc1. The van der Waals surface area contributed by atoms with E-state index in [1.165, 1.54) is 18.7 Å². The number of benzene rings is 2. The van der Waals surface area contributed by atoms with Gasteiger partial charge in [0.25, 0.3) is 5.91 Å². The number of hydrogen-bond acceptors (Lipinski definition) is 5. The van der Waals surface area contributed by atoms with E-state index in [0.717, 1.165) is 10.1 Å². The second kappa shape index (κ2) is 7.83. The molecular formula is C18H17N5O2S. The molecule has 26 heavy (non-hydrogen) atoms. The number of aryl methyl sites for hydroxylation is 1. The van der Waals surface area contributed by atoms with Gasteiger partial charge >= 0.3 is 0 Å². The minimum atomic E-state index is -0.215. The Kier molecular flexibility index (Phi) is 5.33. The van der Waals surface area contributed by atoms with Gasteiger partial charge in [-0.05, 0) is 60.3 Å².